The van der Waals surface area contributed by atoms with Crippen molar-refractivity contribution in [3.8, 4) is 0 Å². The average Bonchev–Trinajstić information content (AvgIpc) is 2.35. The van der Waals surface area contributed by atoms with E-state index in [0.717, 1.165) is 11.1 Å². The van der Waals surface area contributed by atoms with Crippen LogP contribution in [0.1, 0.15) is 21.5 Å². The van der Waals surface area contributed by atoms with Crippen LogP contribution in [0, 0.1) is 19.7 Å². The molecule has 0 saturated carbocycles. The molecule has 0 saturated heterocycles. The zero-order valence-corrected chi connectivity index (χ0v) is 12.2. The van der Waals surface area contributed by atoms with Gasteiger partial charge in [-0.1, -0.05) is 17.7 Å². The van der Waals surface area contributed by atoms with Crippen LogP contribution in [-0.2, 0) is 0 Å². The number of amides is 1. The van der Waals surface area contributed by atoms with Gasteiger partial charge in [-0.2, -0.15) is 0 Å². The van der Waals surface area contributed by atoms with Gasteiger partial charge in [0.2, 0.25) is 0 Å². The predicted molar refractivity (Wildman–Crippen MR) is 78.0 cm³/mol. The summed E-state index contributed by atoms with van der Waals surface area (Å²) in [6.07, 6.45) is 0. The number of hydrogen-bond acceptors (Lipinski definition) is 1. The first-order valence-corrected chi connectivity index (χ1v) is 6.60. The standard InChI is InChI=1S/C15H13BrFNO/c1-9-3-5-12(16)11(7-9)15(19)18-14-6-4-10(2)8-13(14)17/h3-8H,1-2H3,(H,18,19). The van der Waals surface area contributed by atoms with E-state index in [0.29, 0.717) is 10.0 Å². The Labute approximate surface area is 119 Å². The lowest BCUT2D eigenvalue weighted by Crippen LogP contribution is -2.14. The molecule has 2 aromatic rings. The Morgan fingerprint density at radius 2 is 1.74 bits per heavy atom. The van der Waals surface area contributed by atoms with Gasteiger partial charge in [-0.15, -0.1) is 0 Å². The van der Waals surface area contributed by atoms with Crippen molar-refractivity contribution in [3.63, 3.8) is 0 Å². The molecule has 2 aromatic carbocycles. The monoisotopic (exact) mass is 321 g/mol. The third-order valence-corrected chi connectivity index (χ3v) is 3.43. The van der Waals surface area contributed by atoms with Crippen molar-refractivity contribution < 1.29 is 9.18 Å². The predicted octanol–water partition coefficient (Wildman–Crippen LogP) is 4.46. The second-order valence-electron chi connectivity index (χ2n) is 4.42. The van der Waals surface area contributed by atoms with Crippen LogP contribution in [0.3, 0.4) is 0 Å². The van der Waals surface area contributed by atoms with E-state index in [9.17, 15) is 9.18 Å². The van der Waals surface area contributed by atoms with Gasteiger partial charge >= 0.3 is 0 Å². The van der Waals surface area contributed by atoms with Crippen LogP contribution in [-0.4, -0.2) is 5.91 Å². The minimum absolute atomic E-state index is 0.184. The first kappa shape index (κ1) is 13.7. The van der Waals surface area contributed by atoms with Crippen LogP contribution in [0.5, 0.6) is 0 Å². The summed E-state index contributed by atoms with van der Waals surface area (Å²) in [5.74, 6) is -0.768. The molecule has 0 spiro atoms. The zero-order valence-electron chi connectivity index (χ0n) is 10.6. The van der Waals surface area contributed by atoms with Gasteiger partial charge in [0.25, 0.3) is 5.91 Å². The van der Waals surface area contributed by atoms with Crippen molar-refractivity contribution in [2.45, 2.75) is 13.8 Å². The smallest absolute Gasteiger partial charge is 0.256 e. The molecule has 0 aliphatic rings. The van der Waals surface area contributed by atoms with E-state index in [1.54, 1.807) is 31.2 Å². The molecule has 0 heterocycles. The summed E-state index contributed by atoms with van der Waals surface area (Å²) in [6, 6.07) is 10.2. The number of aryl methyl sites for hydroxylation is 2. The summed E-state index contributed by atoms with van der Waals surface area (Å²) in [5, 5.41) is 2.58. The highest BCUT2D eigenvalue weighted by atomic mass is 79.9. The maximum Gasteiger partial charge on any atom is 0.256 e. The molecule has 4 heteroatoms. The summed E-state index contributed by atoms with van der Waals surface area (Å²) in [4.78, 5) is 12.1. The Morgan fingerprint density at radius 3 is 2.42 bits per heavy atom. The highest BCUT2D eigenvalue weighted by Gasteiger charge is 2.12. The van der Waals surface area contributed by atoms with Crippen molar-refractivity contribution >= 4 is 27.5 Å². The van der Waals surface area contributed by atoms with Crippen LogP contribution in [0.15, 0.2) is 40.9 Å². The molecule has 0 unspecified atom stereocenters. The summed E-state index contributed by atoms with van der Waals surface area (Å²) >= 11 is 3.32. The van der Waals surface area contributed by atoms with Crippen molar-refractivity contribution in [3.05, 3.63) is 63.4 Å². The lowest BCUT2D eigenvalue weighted by Gasteiger charge is -2.09. The lowest BCUT2D eigenvalue weighted by molar-refractivity contribution is 0.102. The molecule has 0 radical (unpaired) electrons. The number of benzene rings is 2. The molecule has 2 nitrogen and oxygen atoms in total. The van der Waals surface area contributed by atoms with Crippen molar-refractivity contribution in [2.24, 2.45) is 0 Å². The number of carbonyl (C=O) groups excluding carboxylic acids is 1. The first-order valence-electron chi connectivity index (χ1n) is 5.81. The number of rotatable bonds is 2. The molecular weight excluding hydrogens is 309 g/mol. The van der Waals surface area contributed by atoms with Gasteiger partial charge in [-0.3, -0.25) is 4.79 Å². The molecule has 2 rings (SSSR count). The fourth-order valence-electron chi connectivity index (χ4n) is 1.72. The number of hydrogen-bond donors (Lipinski definition) is 1. The SMILES string of the molecule is Cc1ccc(NC(=O)c2cc(C)ccc2Br)c(F)c1. The Balaban J connectivity index is 2.28. The molecule has 0 fully saturated rings. The van der Waals surface area contributed by atoms with E-state index in [2.05, 4.69) is 21.2 Å². The Morgan fingerprint density at radius 1 is 1.11 bits per heavy atom. The molecule has 0 atom stereocenters. The largest absolute Gasteiger partial charge is 0.319 e. The quantitative estimate of drug-likeness (QED) is 0.869. The molecular formula is C15H13BrFNO. The highest BCUT2D eigenvalue weighted by molar-refractivity contribution is 9.10. The molecule has 0 aromatic heterocycles. The van der Waals surface area contributed by atoms with E-state index in [4.69, 9.17) is 0 Å². The van der Waals surface area contributed by atoms with E-state index < -0.39 is 5.82 Å². The molecule has 1 amide bonds. The molecule has 1 N–H and O–H groups in total. The van der Waals surface area contributed by atoms with Gasteiger partial charge in [-0.25, -0.2) is 4.39 Å². The number of anilines is 1. The van der Waals surface area contributed by atoms with Gasteiger partial charge in [0, 0.05) is 4.47 Å². The summed E-state index contributed by atoms with van der Waals surface area (Å²) < 4.78 is 14.4. The van der Waals surface area contributed by atoms with Crippen LogP contribution >= 0.6 is 15.9 Å². The topological polar surface area (TPSA) is 29.1 Å². The zero-order chi connectivity index (χ0) is 14.0. The maximum absolute atomic E-state index is 13.7. The van der Waals surface area contributed by atoms with Gasteiger partial charge in [0.05, 0.1) is 11.3 Å². The Hall–Kier alpha value is -1.68. The lowest BCUT2D eigenvalue weighted by atomic mass is 10.1. The van der Waals surface area contributed by atoms with Crippen LogP contribution < -0.4 is 5.32 Å². The molecule has 0 bridgehead atoms. The third-order valence-electron chi connectivity index (χ3n) is 2.74. The van der Waals surface area contributed by atoms with Crippen LogP contribution in [0.25, 0.3) is 0 Å². The summed E-state index contributed by atoms with van der Waals surface area (Å²) in [6.45, 7) is 3.70. The van der Waals surface area contributed by atoms with Crippen LogP contribution in [0.2, 0.25) is 0 Å². The molecule has 0 aliphatic heterocycles. The molecule has 0 aliphatic carbocycles. The highest BCUT2D eigenvalue weighted by Crippen LogP contribution is 2.21. The minimum Gasteiger partial charge on any atom is -0.319 e. The molecule has 19 heavy (non-hydrogen) atoms. The minimum atomic E-state index is -0.433. The van der Waals surface area contributed by atoms with E-state index in [-0.39, 0.29) is 11.6 Å². The van der Waals surface area contributed by atoms with Gasteiger partial charge in [-0.05, 0) is 59.6 Å². The third kappa shape index (κ3) is 3.20. The van der Waals surface area contributed by atoms with E-state index in [1.807, 2.05) is 13.0 Å². The normalized spacial score (nSPS) is 10.3. The van der Waals surface area contributed by atoms with Crippen molar-refractivity contribution in [2.75, 3.05) is 5.32 Å². The van der Waals surface area contributed by atoms with Crippen molar-refractivity contribution in [1.82, 2.24) is 0 Å². The van der Waals surface area contributed by atoms with E-state index in [1.165, 1.54) is 6.07 Å². The summed E-state index contributed by atoms with van der Waals surface area (Å²) in [7, 11) is 0. The van der Waals surface area contributed by atoms with E-state index >= 15 is 0 Å². The molecule has 98 valence electrons. The second-order valence-corrected chi connectivity index (χ2v) is 5.28. The second kappa shape index (κ2) is 5.53. The van der Waals surface area contributed by atoms with Gasteiger partial charge < -0.3 is 5.32 Å². The van der Waals surface area contributed by atoms with Crippen LogP contribution in [0.4, 0.5) is 10.1 Å². The fraction of sp³-hybridized carbons (Fsp3) is 0.133. The van der Waals surface area contributed by atoms with Crippen molar-refractivity contribution in [1.29, 1.82) is 0 Å². The Kier molecular flexibility index (Phi) is 4.00. The van der Waals surface area contributed by atoms with Gasteiger partial charge in [0.15, 0.2) is 0 Å². The fourth-order valence-corrected chi connectivity index (χ4v) is 2.15. The number of nitrogens with one attached hydrogen (secondary N) is 1. The average molecular weight is 322 g/mol. The maximum atomic E-state index is 13.7. The number of carbonyl (C=O) groups is 1. The number of halogens is 2. The first-order chi connectivity index (χ1) is 8.97. The van der Waals surface area contributed by atoms with Gasteiger partial charge in [0.1, 0.15) is 5.82 Å². The summed E-state index contributed by atoms with van der Waals surface area (Å²) in [5.41, 5.74) is 2.45. The Bertz CT molecular complexity index is 640.